The summed E-state index contributed by atoms with van der Waals surface area (Å²) in [5.41, 5.74) is 1.29. The number of carbonyl (C=O) groups excluding carboxylic acids is 2. The summed E-state index contributed by atoms with van der Waals surface area (Å²) in [7, 11) is 1.55. The number of hydrogen-bond donors (Lipinski definition) is 0. The number of methoxy groups -OCH3 is 1. The molecule has 0 unspecified atom stereocenters. The molecule has 1 saturated heterocycles. The molecule has 3 rings (SSSR count). The lowest BCUT2D eigenvalue weighted by Gasteiger charge is -2.12. The summed E-state index contributed by atoms with van der Waals surface area (Å²) in [6, 6.07) is 12.5. The van der Waals surface area contributed by atoms with E-state index >= 15 is 0 Å². The Morgan fingerprint density at radius 3 is 2.58 bits per heavy atom. The van der Waals surface area contributed by atoms with Gasteiger partial charge in [-0.2, -0.15) is 0 Å². The van der Waals surface area contributed by atoms with E-state index < -0.39 is 0 Å². The quantitative estimate of drug-likeness (QED) is 0.614. The highest BCUT2D eigenvalue weighted by molar-refractivity contribution is 9.10. The van der Waals surface area contributed by atoms with Crippen LogP contribution in [0.2, 0.25) is 0 Å². The molecule has 0 aliphatic carbocycles. The Bertz CT molecular complexity index is 883. The van der Waals surface area contributed by atoms with Gasteiger partial charge in [0.2, 0.25) is 0 Å². The number of hydrogen-bond acceptors (Lipinski definition) is 5. The lowest BCUT2D eigenvalue weighted by atomic mass is 10.1. The molecular weight excluding hydrogens is 418 g/mol. The molecule has 0 atom stereocenters. The number of anilines is 1. The Labute approximate surface area is 164 Å². The number of nitrogens with zero attached hydrogens (tertiary/aromatic N) is 1. The lowest BCUT2D eigenvalue weighted by molar-refractivity contribution is -0.113. The second-order valence-electron chi connectivity index (χ2n) is 5.32. The molecule has 0 radical (unpaired) electrons. The van der Waals surface area contributed by atoms with E-state index in [2.05, 4.69) is 15.9 Å². The van der Waals surface area contributed by atoms with Gasteiger partial charge in [0, 0.05) is 0 Å². The van der Waals surface area contributed by atoms with Gasteiger partial charge in [0.15, 0.2) is 11.5 Å². The highest BCUT2D eigenvalue weighted by atomic mass is 79.9. The van der Waals surface area contributed by atoms with Gasteiger partial charge in [-0.05, 0) is 70.5 Å². The van der Waals surface area contributed by atoms with Crippen LogP contribution in [0.5, 0.6) is 11.5 Å². The highest BCUT2D eigenvalue weighted by Gasteiger charge is 2.36. The molecule has 0 saturated carbocycles. The first-order valence-electron chi connectivity index (χ1n) is 7.88. The summed E-state index contributed by atoms with van der Waals surface area (Å²) in [5, 5.41) is -0.315. The number of ether oxygens (including phenoxy) is 2. The third-order valence-electron chi connectivity index (χ3n) is 3.65. The van der Waals surface area contributed by atoms with Crippen LogP contribution in [0.1, 0.15) is 12.5 Å². The van der Waals surface area contributed by atoms with Crippen molar-refractivity contribution >= 4 is 50.6 Å². The van der Waals surface area contributed by atoms with E-state index in [-0.39, 0.29) is 11.1 Å². The SMILES string of the molecule is CCOc1c(Br)cc(/C=C2\SC(=O)N(c3ccccc3)C2=O)cc1OC. The van der Waals surface area contributed by atoms with Crippen molar-refractivity contribution in [2.24, 2.45) is 0 Å². The van der Waals surface area contributed by atoms with E-state index in [0.717, 1.165) is 17.3 Å². The van der Waals surface area contributed by atoms with Gasteiger partial charge in [-0.3, -0.25) is 9.59 Å². The Kier molecular flexibility index (Phi) is 5.68. The van der Waals surface area contributed by atoms with Gasteiger partial charge in [0.25, 0.3) is 11.1 Å². The standard InChI is InChI=1S/C19H16BrNO4S/c1-3-25-17-14(20)9-12(10-15(17)24-2)11-16-18(22)21(19(23)26-16)13-7-5-4-6-8-13/h4-11H,3H2,1-2H3/b16-11-. The van der Waals surface area contributed by atoms with Gasteiger partial charge < -0.3 is 9.47 Å². The minimum Gasteiger partial charge on any atom is -0.493 e. The van der Waals surface area contributed by atoms with Gasteiger partial charge in [-0.25, -0.2) is 4.90 Å². The topological polar surface area (TPSA) is 55.8 Å². The Morgan fingerprint density at radius 1 is 1.19 bits per heavy atom. The number of benzene rings is 2. The fraction of sp³-hybridized carbons (Fsp3) is 0.158. The Balaban J connectivity index is 1.95. The first kappa shape index (κ1) is 18.5. The number of thioether (sulfide) groups is 1. The van der Waals surface area contributed by atoms with Crippen molar-refractivity contribution < 1.29 is 19.1 Å². The number of rotatable bonds is 5. The second-order valence-corrected chi connectivity index (χ2v) is 7.17. The van der Waals surface area contributed by atoms with Crippen molar-refractivity contribution in [3.05, 3.63) is 57.4 Å². The smallest absolute Gasteiger partial charge is 0.298 e. The normalized spacial score (nSPS) is 15.7. The van der Waals surface area contributed by atoms with Crippen LogP contribution in [-0.4, -0.2) is 24.9 Å². The third-order valence-corrected chi connectivity index (χ3v) is 5.10. The first-order valence-corrected chi connectivity index (χ1v) is 9.49. The van der Waals surface area contributed by atoms with Crippen molar-refractivity contribution in [1.82, 2.24) is 0 Å². The molecule has 26 heavy (non-hydrogen) atoms. The minimum absolute atomic E-state index is 0.315. The predicted octanol–water partition coefficient (Wildman–Crippen LogP) is 5.10. The molecule has 5 nitrogen and oxygen atoms in total. The van der Waals surface area contributed by atoms with Crippen LogP contribution in [0, 0.1) is 0 Å². The van der Waals surface area contributed by atoms with Crippen LogP contribution >= 0.6 is 27.7 Å². The fourth-order valence-electron chi connectivity index (χ4n) is 2.53. The molecule has 1 aliphatic rings. The molecular formula is C19H16BrNO4S. The van der Waals surface area contributed by atoms with Crippen LogP contribution < -0.4 is 14.4 Å². The molecule has 2 aromatic carbocycles. The maximum absolute atomic E-state index is 12.7. The molecule has 1 aliphatic heterocycles. The first-order chi connectivity index (χ1) is 12.5. The lowest BCUT2D eigenvalue weighted by Crippen LogP contribution is -2.27. The minimum atomic E-state index is -0.338. The van der Waals surface area contributed by atoms with E-state index in [1.54, 1.807) is 43.5 Å². The largest absolute Gasteiger partial charge is 0.493 e. The van der Waals surface area contributed by atoms with Gasteiger partial charge in [0.1, 0.15) is 0 Å². The van der Waals surface area contributed by atoms with Gasteiger partial charge in [0.05, 0.1) is 28.8 Å². The second kappa shape index (κ2) is 7.97. The summed E-state index contributed by atoms with van der Waals surface area (Å²) in [4.78, 5) is 26.5. The molecule has 7 heteroatoms. The van der Waals surface area contributed by atoms with E-state index in [9.17, 15) is 9.59 Å². The van der Waals surface area contributed by atoms with Crippen LogP contribution in [0.25, 0.3) is 6.08 Å². The molecule has 1 heterocycles. The molecule has 134 valence electrons. The van der Waals surface area contributed by atoms with Crippen molar-refractivity contribution in [2.75, 3.05) is 18.6 Å². The van der Waals surface area contributed by atoms with Crippen molar-refractivity contribution in [1.29, 1.82) is 0 Å². The summed E-state index contributed by atoms with van der Waals surface area (Å²) in [5.74, 6) is 0.814. The molecule has 0 bridgehead atoms. The molecule has 1 fully saturated rings. The van der Waals surface area contributed by atoms with Crippen molar-refractivity contribution in [3.8, 4) is 11.5 Å². The zero-order valence-electron chi connectivity index (χ0n) is 14.2. The van der Waals surface area contributed by atoms with Crippen LogP contribution in [-0.2, 0) is 4.79 Å². The monoisotopic (exact) mass is 433 g/mol. The molecule has 0 N–H and O–H groups in total. The predicted molar refractivity (Wildman–Crippen MR) is 107 cm³/mol. The summed E-state index contributed by atoms with van der Waals surface area (Å²) in [6.07, 6.45) is 1.68. The number of carbonyl (C=O) groups is 2. The van der Waals surface area contributed by atoms with Gasteiger partial charge in [-0.15, -0.1) is 0 Å². The van der Waals surface area contributed by atoms with Crippen LogP contribution in [0.3, 0.4) is 0 Å². The van der Waals surface area contributed by atoms with Crippen LogP contribution in [0.4, 0.5) is 10.5 Å². The van der Waals surface area contributed by atoms with E-state index in [4.69, 9.17) is 9.47 Å². The molecule has 0 spiro atoms. The zero-order valence-corrected chi connectivity index (χ0v) is 16.6. The van der Waals surface area contributed by atoms with E-state index in [1.165, 1.54) is 4.90 Å². The zero-order chi connectivity index (χ0) is 18.7. The molecule has 2 aromatic rings. The van der Waals surface area contributed by atoms with Crippen molar-refractivity contribution in [3.63, 3.8) is 0 Å². The van der Waals surface area contributed by atoms with Crippen molar-refractivity contribution in [2.45, 2.75) is 6.92 Å². The molecule has 2 amide bonds. The van der Waals surface area contributed by atoms with E-state index in [1.807, 2.05) is 19.1 Å². The molecule has 0 aromatic heterocycles. The number of halogens is 1. The highest BCUT2D eigenvalue weighted by Crippen LogP contribution is 2.39. The Hall–Kier alpha value is -2.25. The van der Waals surface area contributed by atoms with E-state index in [0.29, 0.717) is 33.2 Å². The van der Waals surface area contributed by atoms with Gasteiger partial charge >= 0.3 is 0 Å². The van der Waals surface area contributed by atoms with Crippen LogP contribution in [0.15, 0.2) is 51.8 Å². The summed E-state index contributed by atoms with van der Waals surface area (Å²) >= 11 is 4.38. The maximum Gasteiger partial charge on any atom is 0.298 e. The fourth-order valence-corrected chi connectivity index (χ4v) is 3.94. The summed E-state index contributed by atoms with van der Waals surface area (Å²) < 4.78 is 11.7. The Morgan fingerprint density at radius 2 is 1.92 bits per heavy atom. The number of imide groups is 1. The maximum atomic E-state index is 12.7. The number of para-hydroxylation sites is 1. The average Bonchev–Trinajstić information content (AvgIpc) is 2.91. The van der Waals surface area contributed by atoms with Gasteiger partial charge in [-0.1, -0.05) is 18.2 Å². The third kappa shape index (κ3) is 3.64. The average molecular weight is 434 g/mol. The number of amides is 2. The summed E-state index contributed by atoms with van der Waals surface area (Å²) in [6.45, 7) is 2.39.